The topological polar surface area (TPSA) is 49.4 Å². The summed E-state index contributed by atoms with van der Waals surface area (Å²) < 4.78 is 14.1. The number of amides is 2. The first-order valence-corrected chi connectivity index (χ1v) is 7.40. The second-order valence-corrected chi connectivity index (χ2v) is 5.95. The second-order valence-electron chi connectivity index (χ2n) is 5.95. The van der Waals surface area contributed by atoms with E-state index in [2.05, 4.69) is 5.32 Å². The zero-order chi connectivity index (χ0) is 15.0. The molecular formula is C16H19FN2O2. The Morgan fingerprint density at radius 2 is 2.19 bits per heavy atom. The molecule has 0 aliphatic carbocycles. The Bertz CT molecular complexity index is 588. The van der Waals surface area contributed by atoms with Gasteiger partial charge in [-0.15, -0.1) is 0 Å². The van der Waals surface area contributed by atoms with Crippen molar-refractivity contribution < 1.29 is 14.0 Å². The van der Waals surface area contributed by atoms with Gasteiger partial charge in [-0.3, -0.25) is 9.59 Å². The number of carbonyl (C=O) groups is 2. The number of nitrogens with zero attached hydrogens (tertiary/aromatic N) is 1. The minimum absolute atomic E-state index is 0.0979. The van der Waals surface area contributed by atoms with E-state index in [0.717, 1.165) is 12.8 Å². The largest absolute Gasteiger partial charge is 0.353 e. The maximum Gasteiger partial charge on any atom is 0.256 e. The second kappa shape index (κ2) is 5.47. The molecule has 0 aromatic heterocycles. The van der Waals surface area contributed by atoms with Gasteiger partial charge in [-0.05, 0) is 37.3 Å². The van der Waals surface area contributed by atoms with Crippen LogP contribution in [0, 0.1) is 18.7 Å². The van der Waals surface area contributed by atoms with Crippen LogP contribution in [0.4, 0.5) is 4.39 Å². The molecule has 2 saturated heterocycles. The van der Waals surface area contributed by atoms with Crippen LogP contribution in [0.2, 0.25) is 0 Å². The van der Waals surface area contributed by atoms with E-state index in [1.807, 2.05) is 0 Å². The first-order chi connectivity index (χ1) is 10.1. The van der Waals surface area contributed by atoms with Crippen LogP contribution in [0.5, 0.6) is 0 Å². The summed E-state index contributed by atoms with van der Waals surface area (Å²) in [6, 6.07) is 5.07. The van der Waals surface area contributed by atoms with Crippen molar-refractivity contribution >= 4 is 11.8 Å². The summed E-state index contributed by atoms with van der Waals surface area (Å²) in [7, 11) is 0. The van der Waals surface area contributed by atoms with E-state index >= 15 is 0 Å². The lowest BCUT2D eigenvalue weighted by molar-refractivity contribution is -0.125. The van der Waals surface area contributed by atoms with Gasteiger partial charge in [0.15, 0.2) is 0 Å². The molecule has 2 atom stereocenters. The molecule has 1 aromatic carbocycles. The number of halogens is 1. The lowest BCUT2D eigenvalue weighted by atomic mass is 9.85. The average Bonchev–Trinajstić information content (AvgIpc) is 2.49. The van der Waals surface area contributed by atoms with Crippen LogP contribution in [-0.2, 0) is 4.79 Å². The number of aryl methyl sites for hydroxylation is 1. The lowest BCUT2D eigenvalue weighted by Crippen LogP contribution is -2.55. The third-order valence-electron chi connectivity index (χ3n) is 4.53. The Labute approximate surface area is 123 Å². The van der Waals surface area contributed by atoms with Gasteiger partial charge in [0.2, 0.25) is 5.91 Å². The van der Waals surface area contributed by atoms with Crippen LogP contribution in [-0.4, -0.2) is 35.8 Å². The molecule has 2 fully saturated rings. The van der Waals surface area contributed by atoms with Crippen molar-refractivity contribution in [2.45, 2.75) is 32.2 Å². The summed E-state index contributed by atoms with van der Waals surface area (Å²) in [5.74, 6) is -0.290. The maximum atomic E-state index is 14.1. The predicted octanol–water partition coefficient (Wildman–Crippen LogP) is 1.87. The first kappa shape index (κ1) is 14.0. The molecular weight excluding hydrogens is 271 g/mol. The van der Waals surface area contributed by atoms with Gasteiger partial charge in [-0.1, -0.05) is 12.1 Å². The fraction of sp³-hybridized carbons (Fsp3) is 0.500. The Hall–Kier alpha value is -1.91. The van der Waals surface area contributed by atoms with Crippen molar-refractivity contribution in [3.63, 3.8) is 0 Å². The van der Waals surface area contributed by atoms with Gasteiger partial charge in [0, 0.05) is 25.6 Å². The molecule has 2 aliphatic heterocycles. The number of nitrogens with one attached hydrogen (secondary N) is 1. The molecule has 5 heteroatoms. The van der Waals surface area contributed by atoms with E-state index < -0.39 is 5.82 Å². The van der Waals surface area contributed by atoms with E-state index in [-0.39, 0.29) is 29.3 Å². The van der Waals surface area contributed by atoms with Gasteiger partial charge in [-0.25, -0.2) is 4.39 Å². The highest BCUT2D eigenvalue weighted by Crippen LogP contribution is 2.26. The van der Waals surface area contributed by atoms with E-state index in [9.17, 15) is 14.0 Å². The number of hydrogen-bond acceptors (Lipinski definition) is 2. The monoisotopic (exact) mass is 290 g/mol. The molecule has 2 amide bonds. The van der Waals surface area contributed by atoms with Gasteiger partial charge in [-0.2, -0.15) is 0 Å². The highest BCUT2D eigenvalue weighted by atomic mass is 19.1. The number of fused-ring (bicyclic) bond motifs is 1. The number of hydrogen-bond donors (Lipinski definition) is 1. The van der Waals surface area contributed by atoms with E-state index in [1.165, 1.54) is 0 Å². The Kier molecular flexibility index (Phi) is 3.66. The minimum Gasteiger partial charge on any atom is -0.353 e. The van der Waals surface area contributed by atoms with E-state index in [1.54, 1.807) is 30.0 Å². The number of benzene rings is 1. The minimum atomic E-state index is -0.429. The zero-order valence-electron chi connectivity index (χ0n) is 12.1. The Morgan fingerprint density at radius 1 is 1.38 bits per heavy atom. The highest BCUT2D eigenvalue weighted by molar-refractivity contribution is 5.94. The third kappa shape index (κ3) is 2.64. The van der Waals surface area contributed by atoms with Gasteiger partial charge in [0.05, 0.1) is 5.56 Å². The molecule has 4 nitrogen and oxygen atoms in total. The standard InChI is InChI=1S/C16H19FN2O2/c1-10-3-2-4-12(15(10)17)16(21)19-8-7-13-11(9-19)5-6-14(20)18-13/h2-4,11,13H,5-9H2,1H3,(H,18,20). The molecule has 112 valence electrons. The molecule has 0 saturated carbocycles. The molecule has 2 unspecified atom stereocenters. The predicted molar refractivity (Wildman–Crippen MR) is 76.3 cm³/mol. The highest BCUT2D eigenvalue weighted by Gasteiger charge is 2.35. The maximum absolute atomic E-state index is 14.1. The Morgan fingerprint density at radius 3 is 3.00 bits per heavy atom. The van der Waals surface area contributed by atoms with Gasteiger partial charge >= 0.3 is 0 Å². The van der Waals surface area contributed by atoms with Crippen LogP contribution in [0.25, 0.3) is 0 Å². The van der Waals surface area contributed by atoms with Crippen molar-refractivity contribution in [2.75, 3.05) is 13.1 Å². The molecule has 0 spiro atoms. The molecule has 21 heavy (non-hydrogen) atoms. The van der Waals surface area contributed by atoms with Gasteiger partial charge < -0.3 is 10.2 Å². The lowest BCUT2D eigenvalue weighted by Gasteiger charge is -2.41. The van der Waals surface area contributed by atoms with Crippen LogP contribution in [0.15, 0.2) is 18.2 Å². The fourth-order valence-corrected chi connectivity index (χ4v) is 3.28. The third-order valence-corrected chi connectivity index (χ3v) is 4.53. The normalized spacial score (nSPS) is 25.2. The summed E-state index contributed by atoms with van der Waals surface area (Å²) >= 11 is 0. The van der Waals surface area contributed by atoms with Gasteiger partial charge in [0.1, 0.15) is 5.82 Å². The summed E-state index contributed by atoms with van der Waals surface area (Å²) in [5.41, 5.74) is 0.633. The van der Waals surface area contributed by atoms with Crippen LogP contribution in [0.3, 0.4) is 0 Å². The fourth-order valence-electron chi connectivity index (χ4n) is 3.28. The van der Waals surface area contributed by atoms with Crippen LogP contribution >= 0.6 is 0 Å². The number of likely N-dealkylation sites (tertiary alicyclic amines) is 1. The quantitative estimate of drug-likeness (QED) is 0.858. The smallest absolute Gasteiger partial charge is 0.256 e. The average molecular weight is 290 g/mol. The van der Waals surface area contributed by atoms with Gasteiger partial charge in [0.25, 0.3) is 5.91 Å². The SMILES string of the molecule is Cc1cccc(C(=O)N2CCC3NC(=O)CCC3C2)c1F. The number of carbonyl (C=O) groups excluding carboxylic acids is 2. The summed E-state index contributed by atoms with van der Waals surface area (Å²) in [5, 5.41) is 2.99. The number of piperidine rings is 2. The molecule has 2 aliphatic rings. The van der Waals surface area contributed by atoms with Crippen molar-refractivity contribution in [3.05, 3.63) is 35.1 Å². The van der Waals surface area contributed by atoms with E-state index in [4.69, 9.17) is 0 Å². The summed E-state index contributed by atoms with van der Waals surface area (Å²) in [6.07, 6.45) is 2.06. The van der Waals surface area contributed by atoms with Crippen molar-refractivity contribution in [1.29, 1.82) is 0 Å². The zero-order valence-corrected chi connectivity index (χ0v) is 12.1. The van der Waals surface area contributed by atoms with Crippen LogP contribution in [0.1, 0.15) is 35.2 Å². The van der Waals surface area contributed by atoms with E-state index in [0.29, 0.717) is 25.1 Å². The number of rotatable bonds is 1. The van der Waals surface area contributed by atoms with Crippen molar-refractivity contribution in [3.8, 4) is 0 Å². The van der Waals surface area contributed by atoms with Crippen molar-refractivity contribution in [2.24, 2.45) is 5.92 Å². The summed E-state index contributed by atoms with van der Waals surface area (Å²) in [6.45, 7) is 2.82. The first-order valence-electron chi connectivity index (χ1n) is 7.40. The molecule has 2 heterocycles. The molecule has 0 bridgehead atoms. The summed E-state index contributed by atoms with van der Waals surface area (Å²) in [4.78, 5) is 25.6. The molecule has 3 rings (SSSR count). The molecule has 0 radical (unpaired) electrons. The van der Waals surface area contributed by atoms with Crippen LogP contribution < -0.4 is 5.32 Å². The molecule has 1 aromatic rings. The van der Waals surface area contributed by atoms with Crippen molar-refractivity contribution in [1.82, 2.24) is 10.2 Å². The Balaban J connectivity index is 1.75. The molecule has 1 N–H and O–H groups in total.